The van der Waals surface area contributed by atoms with Gasteiger partial charge in [0.25, 0.3) is 0 Å². The number of pyridine rings is 1. The Kier molecular flexibility index (Phi) is 4.27. The molecule has 0 amide bonds. The third-order valence-electron chi connectivity index (χ3n) is 2.66. The van der Waals surface area contributed by atoms with Crippen molar-refractivity contribution < 1.29 is 5.11 Å². The summed E-state index contributed by atoms with van der Waals surface area (Å²) in [5.74, 6) is 0.812. The first-order chi connectivity index (χ1) is 7.56. The van der Waals surface area contributed by atoms with Crippen molar-refractivity contribution in [3.63, 3.8) is 0 Å². The standard InChI is InChI=1S/C12H17N3O/c1-9(6-7-13)15(3)12-5-4-11(8-14-12)10(2)16/h4-5,8-10,16H,6H2,1-3H3/t9?,10-/m1/s1. The van der Waals surface area contributed by atoms with E-state index in [1.165, 1.54) is 0 Å². The van der Waals surface area contributed by atoms with Gasteiger partial charge in [-0.3, -0.25) is 0 Å². The number of nitriles is 1. The van der Waals surface area contributed by atoms with Crippen LogP contribution in [0.3, 0.4) is 0 Å². The molecule has 4 nitrogen and oxygen atoms in total. The largest absolute Gasteiger partial charge is 0.389 e. The van der Waals surface area contributed by atoms with Gasteiger partial charge < -0.3 is 10.0 Å². The van der Waals surface area contributed by atoms with E-state index in [0.717, 1.165) is 11.4 Å². The van der Waals surface area contributed by atoms with Gasteiger partial charge in [-0.1, -0.05) is 6.07 Å². The van der Waals surface area contributed by atoms with Crippen molar-refractivity contribution in [2.45, 2.75) is 32.4 Å². The van der Waals surface area contributed by atoms with E-state index in [1.54, 1.807) is 13.1 Å². The molecular weight excluding hydrogens is 202 g/mol. The zero-order valence-corrected chi connectivity index (χ0v) is 9.88. The lowest BCUT2D eigenvalue weighted by Crippen LogP contribution is -2.29. The molecule has 86 valence electrons. The summed E-state index contributed by atoms with van der Waals surface area (Å²) in [5, 5.41) is 18.0. The van der Waals surface area contributed by atoms with Crippen LogP contribution < -0.4 is 4.90 Å². The Morgan fingerprint density at radius 1 is 1.50 bits per heavy atom. The molecule has 1 aromatic rings. The lowest BCUT2D eigenvalue weighted by atomic mass is 10.2. The molecule has 0 aromatic carbocycles. The second-order valence-electron chi connectivity index (χ2n) is 3.95. The van der Waals surface area contributed by atoms with Crippen LogP contribution in [-0.2, 0) is 0 Å². The molecule has 0 saturated heterocycles. The average Bonchev–Trinajstić information content (AvgIpc) is 2.28. The highest BCUT2D eigenvalue weighted by Crippen LogP contribution is 2.17. The van der Waals surface area contributed by atoms with E-state index < -0.39 is 6.10 Å². The number of hydrogen-bond acceptors (Lipinski definition) is 4. The van der Waals surface area contributed by atoms with Gasteiger partial charge in [-0.25, -0.2) is 4.98 Å². The zero-order chi connectivity index (χ0) is 12.1. The highest BCUT2D eigenvalue weighted by molar-refractivity contribution is 5.39. The lowest BCUT2D eigenvalue weighted by Gasteiger charge is -2.24. The first-order valence-corrected chi connectivity index (χ1v) is 5.30. The Hall–Kier alpha value is -1.60. The molecule has 0 aliphatic heterocycles. The molecule has 2 atom stereocenters. The fourth-order valence-corrected chi connectivity index (χ4v) is 1.35. The quantitative estimate of drug-likeness (QED) is 0.839. The van der Waals surface area contributed by atoms with Crippen LogP contribution >= 0.6 is 0 Å². The summed E-state index contributed by atoms with van der Waals surface area (Å²) < 4.78 is 0. The van der Waals surface area contributed by atoms with E-state index in [-0.39, 0.29) is 6.04 Å². The highest BCUT2D eigenvalue weighted by atomic mass is 16.3. The highest BCUT2D eigenvalue weighted by Gasteiger charge is 2.11. The van der Waals surface area contributed by atoms with Crippen molar-refractivity contribution in [2.75, 3.05) is 11.9 Å². The Bertz CT molecular complexity index is 367. The van der Waals surface area contributed by atoms with Gasteiger partial charge in [0.2, 0.25) is 0 Å². The molecule has 0 spiro atoms. The maximum Gasteiger partial charge on any atom is 0.128 e. The van der Waals surface area contributed by atoms with E-state index >= 15 is 0 Å². The van der Waals surface area contributed by atoms with Crippen LogP contribution in [0, 0.1) is 11.3 Å². The Morgan fingerprint density at radius 2 is 2.19 bits per heavy atom. The molecule has 4 heteroatoms. The van der Waals surface area contributed by atoms with Crippen LogP contribution in [0.4, 0.5) is 5.82 Å². The monoisotopic (exact) mass is 219 g/mol. The van der Waals surface area contributed by atoms with Gasteiger partial charge in [-0.15, -0.1) is 0 Å². The van der Waals surface area contributed by atoms with Crippen molar-refractivity contribution in [2.24, 2.45) is 0 Å². The SMILES string of the molecule is CC(CC#N)N(C)c1ccc([C@@H](C)O)cn1. The Balaban J connectivity index is 2.78. The Morgan fingerprint density at radius 3 is 2.62 bits per heavy atom. The summed E-state index contributed by atoms with van der Waals surface area (Å²) in [6, 6.07) is 5.98. The topological polar surface area (TPSA) is 60.2 Å². The minimum Gasteiger partial charge on any atom is -0.389 e. The number of nitrogens with zero attached hydrogens (tertiary/aromatic N) is 3. The Labute approximate surface area is 96.2 Å². The fraction of sp³-hybridized carbons (Fsp3) is 0.500. The molecule has 1 rings (SSSR count). The first-order valence-electron chi connectivity index (χ1n) is 5.30. The van der Waals surface area contributed by atoms with Crippen molar-refractivity contribution in [3.8, 4) is 6.07 Å². The van der Waals surface area contributed by atoms with Gasteiger partial charge in [-0.2, -0.15) is 5.26 Å². The number of hydrogen-bond donors (Lipinski definition) is 1. The molecule has 0 fully saturated rings. The predicted molar refractivity (Wildman–Crippen MR) is 63.0 cm³/mol. The van der Waals surface area contributed by atoms with Crippen LogP contribution in [0.1, 0.15) is 31.9 Å². The summed E-state index contributed by atoms with van der Waals surface area (Å²) in [5.41, 5.74) is 0.796. The molecule has 0 aliphatic carbocycles. The van der Waals surface area contributed by atoms with Crippen LogP contribution in [0.15, 0.2) is 18.3 Å². The second kappa shape index (κ2) is 5.47. The third kappa shape index (κ3) is 2.94. The molecule has 0 radical (unpaired) electrons. The number of anilines is 1. The summed E-state index contributed by atoms with van der Waals surface area (Å²) in [6.07, 6.45) is 1.63. The van der Waals surface area contributed by atoms with Gasteiger partial charge in [0.15, 0.2) is 0 Å². The fourth-order valence-electron chi connectivity index (χ4n) is 1.35. The molecule has 16 heavy (non-hydrogen) atoms. The third-order valence-corrected chi connectivity index (χ3v) is 2.66. The number of aliphatic hydroxyl groups is 1. The smallest absolute Gasteiger partial charge is 0.128 e. The van der Waals surface area contributed by atoms with Crippen LogP contribution in [0.25, 0.3) is 0 Å². The van der Waals surface area contributed by atoms with Crippen LogP contribution in [0.5, 0.6) is 0 Å². The lowest BCUT2D eigenvalue weighted by molar-refractivity contribution is 0.199. The number of rotatable bonds is 4. The number of aliphatic hydroxyl groups excluding tert-OH is 1. The predicted octanol–water partition coefficient (Wildman–Crippen LogP) is 1.87. The van der Waals surface area contributed by atoms with Gasteiger partial charge in [0.1, 0.15) is 5.82 Å². The van der Waals surface area contributed by atoms with Gasteiger partial charge >= 0.3 is 0 Å². The van der Waals surface area contributed by atoms with E-state index in [0.29, 0.717) is 6.42 Å². The normalized spacial score (nSPS) is 13.9. The van der Waals surface area contributed by atoms with Gasteiger partial charge in [-0.05, 0) is 25.5 Å². The van der Waals surface area contributed by atoms with Gasteiger partial charge in [0, 0.05) is 19.3 Å². The second-order valence-corrected chi connectivity index (χ2v) is 3.95. The van der Waals surface area contributed by atoms with Gasteiger partial charge in [0.05, 0.1) is 18.6 Å². The molecule has 1 heterocycles. The van der Waals surface area contributed by atoms with Crippen molar-refractivity contribution >= 4 is 5.82 Å². The summed E-state index contributed by atoms with van der Waals surface area (Å²) >= 11 is 0. The van der Waals surface area contributed by atoms with Crippen LogP contribution in [0.2, 0.25) is 0 Å². The molecule has 1 unspecified atom stereocenters. The summed E-state index contributed by atoms with van der Waals surface area (Å²) in [4.78, 5) is 6.21. The molecule has 0 saturated carbocycles. The minimum atomic E-state index is -0.497. The molecular formula is C12H17N3O. The zero-order valence-electron chi connectivity index (χ0n) is 9.88. The van der Waals surface area contributed by atoms with Crippen molar-refractivity contribution in [1.82, 2.24) is 4.98 Å². The molecule has 0 bridgehead atoms. The average molecular weight is 219 g/mol. The minimum absolute atomic E-state index is 0.134. The maximum atomic E-state index is 9.35. The van der Waals surface area contributed by atoms with E-state index in [4.69, 9.17) is 5.26 Å². The van der Waals surface area contributed by atoms with E-state index in [9.17, 15) is 5.11 Å². The molecule has 1 N–H and O–H groups in total. The molecule has 1 aromatic heterocycles. The molecule has 0 aliphatic rings. The van der Waals surface area contributed by atoms with Crippen LogP contribution in [-0.4, -0.2) is 23.2 Å². The summed E-state index contributed by atoms with van der Waals surface area (Å²) in [7, 11) is 1.91. The maximum absolute atomic E-state index is 9.35. The van der Waals surface area contributed by atoms with E-state index in [1.807, 2.05) is 31.0 Å². The van der Waals surface area contributed by atoms with E-state index in [2.05, 4.69) is 11.1 Å². The first kappa shape index (κ1) is 12.5. The summed E-state index contributed by atoms with van der Waals surface area (Å²) in [6.45, 7) is 3.69. The van der Waals surface area contributed by atoms with Crippen molar-refractivity contribution in [3.05, 3.63) is 23.9 Å². The number of aromatic nitrogens is 1. The van der Waals surface area contributed by atoms with Crippen molar-refractivity contribution in [1.29, 1.82) is 5.26 Å².